The van der Waals surface area contributed by atoms with Crippen LogP contribution < -0.4 is 5.32 Å². The van der Waals surface area contributed by atoms with Crippen molar-refractivity contribution in [2.24, 2.45) is 0 Å². The van der Waals surface area contributed by atoms with Crippen molar-refractivity contribution < 1.29 is 14.3 Å². The molecule has 1 saturated heterocycles. The predicted octanol–water partition coefficient (Wildman–Crippen LogP) is 4.73. The van der Waals surface area contributed by atoms with Crippen molar-refractivity contribution in [3.05, 3.63) is 46.4 Å². The van der Waals surface area contributed by atoms with Gasteiger partial charge in [0.2, 0.25) is 0 Å². The van der Waals surface area contributed by atoms with Crippen LogP contribution in [-0.4, -0.2) is 41.6 Å². The number of alkyl carbamates (subject to hydrolysis) is 1. The number of carbonyl (C=O) groups excluding carboxylic acids is 2. The van der Waals surface area contributed by atoms with Crippen molar-refractivity contribution in [3.63, 3.8) is 0 Å². The van der Waals surface area contributed by atoms with Crippen LogP contribution in [0.4, 0.5) is 4.79 Å². The molecule has 3 rings (SSSR count). The van der Waals surface area contributed by atoms with Gasteiger partial charge in [-0.25, -0.2) is 4.79 Å². The minimum atomic E-state index is -0.538. The topological polar surface area (TPSA) is 58.6 Å². The smallest absolute Gasteiger partial charge is 0.407 e. The maximum atomic E-state index is 13.2. The molecule has 144 valence electrons. The summed E-state index contributed by atoms with van der Waals surface area (Å²) in [7, 11) is 0. The van der Waals surface area contributed by atoms with E-state index in [9.17, 15) is 9.59 Å². The lowest BCUT2D eigenvalue weighted by atomic mass is 10.0. The van der Waals surface area contributed by atoms with Gasteiger partial charge in [0.05, 0.1) is 0 Å². The molecule has 1 aliphatic rings. The quantitative estimate of drug-likeness (QED) is 0.745. The molecular weight excluding hydrogens is 408 g/mol. The molecule has 1 heterocycles. The van der Waals surface area contributed by atoms with Crippen molar-refractivity contribution >= 4 is 38.7 Å². The highest BCUT2D eigenvalue weighted by Crippen LogP contribution is 2.28. The molecule has 0 aliphatic carbocycles. The van der Waals surface area contributed by atoms with Crippen molar-refractivity contribution in [2.75, 3.05) is 13.1 Å². The highest BCUT2D eigenvalue weighted by atomic mass is 79.9. The lowest BCUT2D eigenvalue weighted by Crippen LogP contribution is -2.50. The summed E-state index contributed by atoms with van der Waals surface area (Å²) in [4.78, 5) is 27.1. The van der Waals surface area contributed by atoms with Crippen molar-refractivity contribution in [2.45, 2.75) is 45.3 Å². The van der Waals surface area contributed by atoms with E-state index in [1.54, 1.807) is 0 Å². The molecule has 0 radical (unpaired) electrons. The van der Waals surface area contributed by atoms with E-state index in [1.807, 2.05) is 62.1 Å². The molecule has 1 unspecified atom stereocenters. The molecule has 0 spiro atoms. The van der Waals surface area contributed by atoms with Gasteiger partial charge in [0.25, 0.3) is 5.91 Å². The second-order valence-corrected chi connectivity index (χ2v) is 8.73. The summed E-state index contributed by atoms with van der Waals surface area (Å²) in [6, 6.07) is 11.6. The number of benzene rings is 2. The van der Waals surface area contributed by atoms with E-state index < -0.39 is 11.7 Å². The normalized spacial score (nSPS) is 17.6. The number of fused-ring (bicyclic) bond motifs is 1. The zero-order valence-electron chi connectivity index (χ0n) is 15.9. The third-order valence-corrected chi connectivity index (χ3v) is 5.17. The number of rotatable bonds is 2. The van der Waals surface area contributed by atoms with E-state index >= 15 is 0 Å². The van der Waals surface area contributed by atoms with Gasteiger partial charge in [-0.2, -0.15) is 0 Å². The van der Waals surface area contributed by atoms with Gasteiger partial charge < -0.3 is 15.0 Å². The van der Waals surface area contributed by atoms with Crippen LogP contribution in [0.5, 0.6) is 0 Å². The average Bonchev–Trinajstić information content (AvgIpc) is 2.59. The first-order valence-electron chi connectivity index (χ1n) is 9.20. The summed E-state index contributed by atoms with van der Waals surface area (Å²) >= 11 is 3.57. The molecule has 0 saturated carbocycles. The number of ether oxygens (including phenoxy) is 1. The molecule has 2 aromatic carbocycles. The highest BCUT2D eigenvalue weighted by Gasteiger charge is 2.28. The van der Waals surface area contributed by atoms with Crippen LogP contribution >= 0.6 is 15.9 Å². The first kappa shape index (κ1) is 19.7. The number of hydrogen-bond donors (Lipinski definition) is 1. The summed E-state index contributed by atoms with van der Waals surface area (Å²) in [5.41, 5.74) is 0.140. The Labute approximate surface area is 168 Å². The zero-order chi connectivity index (χ0) is 19.6. The van der Waals surface area contributed by atoms with Crippen molar-refractivity contribution in [1.29, 1.82) is 0 Å². The molecule has 6 heteroatoms. The van der Waals surface area contributed by atoms with Gasteiger partial charge in [0.1, 0.15) is 5.60 Å². The number of piperidine rings is 1. The van der Waals surface area contributed by atoms with E-state index in [-0.39, 0.29) is 11.9 Å². The second-order valence-electron chi connectivity index (χ2n) is 7.88. The summed E-state index contributed by atoms with van der Waals surface area (Å²) in [6.07, 6.45) is 1.25. The minimum Gasteiger partial charge on any atom is -0.444 e. The third kappa shape index (κ3) is 4.80. The fraction of sp³-hybridized carbons (Fsp3) is 0.429. The number of hydrogen-bond acceptors (Lipinski definition) is 3. The average molecular weight is 433 g/mol. The number of amides is 2. The van der Waals surface area contributed by atoms with Gasteiger partial charge in [-0.3, -0.25) is 4.79 Å². The SMILES string of the molecule is CC(C)(C)OC(=O)NC1CCCN(C(=O)c2cccc3cccc(Br)c23)C1. The van der Waals surface area contributed by atoms with Crippen LogP contribution in [0.25, 0.3) is 10.8 Å². The van der Waals surface area contributed by atoms with Crippen LogP contribution in [-0.2, 0) is 4.74 Å². The van der Waals surface area contributed by atoms with Gasteiger partial charge in [0, 0.05) is 34.6 Å². The Morgan fingerprint density at radius 3 is 2.59 bits per heavy atom. The summed E-state index contributed by atoms with van der Waals surface area (Å²) in [5, 5.41) is 4.84. The lowest BCUT2D eigenvalue weighted by Gasteiger charge is -2.34. The number of likely N-dealkylation sites (tertiary alicyclic amines) is 1. The van der Waals surface area contributed by atoms with E-state index in [1.165, 1.54) is 0 Å². The van der Waals surface area contributed by atoms with Crippen LogP contribution in [0.3, 0.4) is 0 Å². The number of carbonyl (C=O) groups is 2. The van der Waals surface area contributed by atoms with Gasteiger partial charge >= 0.3 is 6.09 Å². The number of nitrogens with zero attached hydrogens (tertiary/aromatic N) is 1. The Hall–Kier alpha value is -2.08. The van der Waals surface area contributed by atoms with Crippen molar-refractivity contribution in [1.82, 2.24) is 10.2 Å². The standard InChI is InChI=1S/C21H25BrN2O3/c1-21(2,3)27-20(26)23-15-9-6-12-24(13-15)19(25)16-10-4-7-14-8-5-11-17(22)18(14)16/h4-5,7-8,10-11,15H,6,9,12-13H2,1-3H3,(H,23,26). The molecule has 1 aliphatic heterocycles. The van der Waals surface area contributed by atoms with E-state index in [2.05, 4.69) is 21.2 Å². The molecule has 2 aromatic rings. The first-order chi connectivity index (χ1) is 12.7. The third-order valence-electron chi connectivity index (χ3n) is 4.51. The maximum absolute atomic E-state index is 13.2. The Kier molecular flexibility index (Phi) is 5.75. The number of halogens is 1. The molecule has 2 amide bonds. The molecule has 0 aromatic heterocycles. The second kappa shape index (κ2) is 7.89. The lowest BCUT2D eigenvalue weighted by molar-refractivity contribution is 0.0452. The van der Waals surface area contributed by atoms with Gasteiger partial charge in [0.15, 0.2) is 0 Å². The predicted molar refractivity (Wildman–Crippen MR) is 110 cm³/mol. The Morgan fingerprint density at radius 1 is 1.19 bits per heavy atom. The molecule has 1 N–H and O–H groups in total. The van der Waals surface area contributed by atoms with E-state index in [0.717, 1.165) is 28.1 Å². The Morgan fingerprint density at radius 2 is 1.89 bits per heavy atom. The van der Waals surface area contributed by atoms with Gasteiger partial charge in [-0.05, 0) is 51.1 Å². The van der Waals surface area contributed by atoms with E-state index in [0.29, 0.717) is 18.7 Å². The van der Waals surface area contributed by atoms with Crippen molar-refractivity contribution in [3.8, 4) is 0 Å². The molecule has 0 bridgehead atoms. The van der Waals surface area contributed by atoms with Crippen LogP contribution in [0, 0.1) is 0 Å². The Balaban J connectivity index is 1.75. The molecular formula is C21H25BrN2O3. The minimum absolute atomic E-state index is 0.0109. The maximum Gasteiger partial charge on any atom is 0.407 e. The molecule has 5 nitrogen and oxygen atoms in total. The first-order valence-corrected chi connectivity index (χ1v) is 10.00. The van der Waals surface area contributed by atoms with Crippen LogP contribution in [0.15, 0.2) is 40.9 Å². The summed E-state index contributed by atoms with van der Waals surface area (Å²) in [5.74, 6) is -0.0109. The zero-order valence-corrected chi connectivity index (χ0v) is 17.5. The molecule has 1 fully saturated rings. The van der Waals surface area contributed by atoms with Gasteiger partial charge in [-0.15, -0.1) is 0 Å². The van der Waals surface area contributed by atoms with Crippen LogP contribution in [0.1, 0.15) is 44.0 Å². The van der Waals surface area contributed by atoms with E-state index in [4.69, 9.17) is 4.74 Å². The summed E-state index contributed by atoms with van der Waals surface area (Å²) < 4.78 is 6.24. The number of nitrogens with one attached hydrogen (secondary N) is 1. The Bertz CT molecular complexity index is 855. The summed E-state index contributed by atoms with van der Waals surface area (Å²) in [6.45, 7) is 6.68. The highest BCUT2D eigenvalue weighted by molar-refractivity contribution is 9.10. The largest absolute Gasteiger partial charge is 0.444 e. The molecule has 1 atom stereocenters. The van der Waals surface area contributed by atoms with Gasteiger partial charge in [-0.1, -0.05) is 40.2 Å². The molecule has 27 heavy (non-hydrogen) atoms. The fourth-order valence-corrected chi connectivity index (χ4v) is 3.99. The van der Waals surface area contributed by atoms with Crippen LogP contribution in [0.2, 0.25) is 0 Å². The monoisotopic (exact) mass is 432 g/mol. The fourth-order valence-electron chi connectivity index (χ4n) is 3.40.